The van der Waals surface area contributed by atoms with Gasteiger partial charge >= 0.3 is 0 Å². The van der Waals surface area contributed by atoms with Gasteiger partial charge in [-0.3, -0.25) is 0 Å². The van der Waals surface area contributed by atoms with E-state index in [0.29, 0.717) is 0 Å². The van der Waals surface area contributed by atoms with Gasteiger partial charge in [-0.2, -0.15) is 0 Å². The zero-order chi connectivity index (χ0) is 13.5. The van der Waals surface area contributed by atoms with Crippen LogP contribution in [0.4, 0.5) is 0 Å². The van der Waals surface area contributed by atoms with Crippen LogP contribution in [0.25, 0.3) is 0 Å². The molecule has 0 radical (unpaired) electrons. The molecule has 2 rings (SSSR count). The van der Waals surface area contributed by atoms with Gasteiger partial charge in [0, 0.05) is 7.11 Å². The fraction of sp³-hybridized carbons (Fsp3) is 0.500. The van der Waals surface area contributed by atoms with E-state index in [-0.39, 0.29) is 12.1 Å². The first-order valence-electron chi connectivity index (χ1n) is 6.98. The van der Waals surface area contributed by atoms with Crippen molar-refractivity contribution >= 4 is 0 Å². The highest BCUT2D eigenvalue weighted by Gasteiger charge is 2.26. The number of likely N-dealkylation sites (N-methyl/N-ethyl adjacent to an activating group) is 1. The van der Waals surface area contributed by atoms with Crippen molar-refractivity contribution in [3.05, 3.63) is 47.7 Å². The SMILES string of the molecule is CCNC(C1=COCCC1)C(OC)c1ccccc1. The van der Waals surface area contributed by atoms with Gasteiger partial charge in [0.1, 0.15) is 6.10 Å². The fourth-order valence-corrected chi connectivity index (χ4v) is 2.57. The molecule has 2 atom stereocenters. The molecule has 0 aliphatic carbocycles. The standard InChI is InChI=1S/C16H23NO2/c1-3-17-15(14-10-7-11-19-12-14)16(18-2)13-8-5-4-6-9-13/h4-6,8-9,12,15-17H,3,7,10-11H2,1-2H3. The molecule has 3 heteroatoms. The second kappa shape index (κ2) is 7.31. The number of hydrogen-bond donors (Lipinski definition) is 1. The molecule has 0 fully saturated rings. The Bertz CT molecular complexity index is 402. The minimum Gasteiger partial charge on any atom is -0.501 e. The smallest absolute Gasteiger partial charge is 0.101 e. The third kappa shape index (κ3) is 3.58. The molecule has 1 aromatic carbocycles. The van der Waals surface area contributed by atoms with Crippen molar-refractivity contribution in [2.75, 3.05) is 20.3 Å². The van der Waals surface area contributed by atoms with Gasteiger partial charge in [-0.25, -0.2) is 0 Å². The van der Waals surface area contributed by atoms with Crippen molar-refractivity contribution in [3.8, 4) is 0 Å². The largest absolute Gasteiger partial charge is 0.501 e. The molecule has 0 bridgehead atoms. The lowest BCUT2D eigenvalue weighted by atomic mass is 9.93. The number of nitrogens with one attached hydrogen (secondary N) is 1. The summed E-state index contributed by atoms with van der Waals surface area (Å²) in [6, 6.07) is 10.5. The van der Waals surface area contributed by atoms with Gasteiger partial charge in [0.2, 0.25) is 0 Å². The first-order chi connectivity index (χ1) is 9.36. The van der Waals surface area contributed by atoms with Crippen molar-refractivity contribution in [2.45, 2.75) is 31.9 Å². The van der Waals surface area contributed by atoms with Gasteiger partial charge in [-0.05, 0) is 30.5 Å². The monoisotopic (exact) mass is 261 g/mol. The van der Waals surface area contributed by atoms with Gasteiger partial charge in [0.15, 0.2) is 0 Å². The van der Waals surface area contributed by atoms with E-state index in [9.17, 15) is 0 Å². The van der Waals surface area contributed by atoms with E-state index in [1.54, 1.807) is 7.11 Å². The molecular weight excluding hydrogens is 238 g/mol. The highest BCUT2D eigenvalue weighted by Crippen LogP contribution is 2.28. The second-order valence-electron chi connectivity index (χ2n) is 4.77. The van der Waals surface area contributed by atoms with E-state index in [2.05, 4.69) is 36.5 Å². The zero-order valence-corrected chi connectivity index (χ0v) is 11.8. The molecule has 3 nitrogen and oxygen atoms in total. The molecule has 1 aliphatic rings. The van der Waals surface area contributed by atoms with Gasteiger partial charge in [-0.1, -0.05) is 37.3 Å². The minimum absolute atomic E-state index is 0.0223. The Morgan fingerprint density at radius 1 is 1.32 bits per heavy atom. The Morgan fingerprint density at radius 2 is 2.11 bits per heavy atom. The summed E-state index contributed by atoms with van der Waals surface area (Å²) in [7, 11) is 1.77. The van der Waals surface area contributed by atoms with Crippen LogP contribution in [0.15, 0.2) is 42.2 Å². The summed E-state index contributed by atoms with van der Waals surface area (Å²) in [6.07, 6.45) is 4.09. The summed E-state index contributed by atoms with van der Waals surface area (Å²) in [5, 5.41) is 3.53. The summed E-state index contributed by atoms with van der Waals surface area (Å²) in [4.78, 5) is 0. The Labute approximate surface area is 115 Å². The molecule has 1 aliphatic heterocycles. The summed E-state index contributed by atoms with van der Waals surface area (Å²) in [5.41, 5.74) is 2.49. The first kappa shape index (κ1) is 14.1. The Balaban J connectivity index is 2.22. The highest BCUT2D eigenvalue weighted by molar-refractivity contribution is 5.24. The van der Waals surface area contributed by atoms with Gasteiger partial charge in [0.25, 0.3) is 0 Å². The summed E-state index contributed by atoms with van der Waals surface area (Å²) in [5.74, 6) is 0. The van der Waals surface area contributed by atoms with E-state index < -0.39 is 0 Å². The molecule has 0 amide bonds. The molecule has 1 aromatic rings. The van der Waals surface area contributed by atoms with E-state index in [1.165, 1.54) is 11.1 Å². The number of rotatable bonds is 6. The van der Waals surface area contributed by atoms with Gasteiger partial charge in [-0.15, -0.1) is 0 Å². The maximum absolute atomic E-state index is 5.75. The van der Waals surface area contributed by atoms with Crippen LogP contribution in [-0.2, 0) is 9.47 Å². The second-order valence-corrected chi connectivity index (χ2v) is 4.77. The molecule has 104 valence electrons. The molecule has 0 aromatic heterocycles. The summed E-state index contributed by atoms with van der Waals surface area (Å²) >= 11 is 0. The third-order valence-electron chi connectivity index (χ3n) is 3.47. The lowest BCUT2D eigenvalue weighted by molar-refractivity contribution is 0.0743. The van der Waals surface area contributed by atoms with Crippen molar-refractivity contribution in [1.29, 1.82) is 0 Å². The predicted octanol–water partition coefficient (Wildman–Crippen LogP) is 3.05. The average molecular weight is 261 g/mol. The van der Waals surface area contributed by atoms with Crippen molar-refractivity contribution < 1.29 is 9.47 Å². The number of benzene rings is 1. The van der Waals surface area contributed by atoms with Crippen LogP contribution < -0.4 is 5.32 Å². The van der Waals surface area contributed by atoms with E-state index in [1.807, 2.05) is 12.3 Å². The zero-order valence-electron chi connectivity index (χ0n) is 11.8. The van der Waals surface area contributed by atoms with E-state index in [0.717, 1.165) is 26.0 Å². The van der Waals surface area contributed by atoms with Crippen LogP contribution in [-0.4, -0.2) is 26.3 Å². The highest BCUT2D eigenvalue weighted by atomic mass is 16.5. The summed E-state index contributed by atoms with van der Waals surface area (Å²) in [6.45, 7) is 3.86. The minimum atomic E-state index is 0.0223. The molecule has 1 heterocycles. The summed E-state index contributed by atoms with van der Waals surface area (Å²) < 4.78 is 11.2. The first-order valence-corrected chi connectivity index (χ1v) is 6.98. The van der Waals surface area contributed by atoms with Crippen LogP contribution in [0.3, 0.4) is 0 Å². The lowest BCUT2D eigenvalue weighted by Crippen LogP contribution is -2.38. The normalized spacial score (nSPS) is 18.3. The number of hydrogen-bond acceptors (Lipinski definition) is 3. The van der Waals surface area contributed by atoms with Crippen LogP contribution in [0, 0.1) is 0 Å². The number of ether oxygens (including phenoxy) is 2. The van der Waals surface area contributed by atoms with Crippen LogP contribution in [0.2, 0.25) is 0 Å². The maximum atomic E-state index is 5.75. The Morgan fingerprint density at radius 3 is 2.68 bits per heavy atom. The molecule has 0 saturated heterocycles. The maximum Gasteiger partial charge on any atom is 0.101 e. The van der Waals surface area contributed by atoms with Crippen molar-refractivity contribution in [1.82, 2.24) is 5.32 Å². The van der Waals surface area contributed by atoms with Gasteiger partial charge < -0.3 is 14.8 Å². The van der Waals surface area contributed by atoms with Crippen LogP contribution >= 0.6 is 0 Å². The lowest BCUT2D eigenvalue weighted by Gasteiger charge is -2.30. The number of methoxy groups -OCH3 is 1. The molecule has 0 saturated carbocycles. The quantitative estimate of drug-likeness (QED) is 0.853. The molecule has 2 unspecified atom stereocenters. The van der Waals surface area contributed by atoms with Crippen molar-refractivity contribution in [3.63, 3.8) is 0 Å². The third-order valence-corrected chi connectivity index (χ3v) is 3.47. The van der Waals surface area contributed by atoms with E-state index in [4.69, 9.17) is 9.47 Å². The topological polar surface area (TPSA) is 30.5 Å². The van der Waals surface area contributed by atoms with Crippen molar-refractivity contribution in [2.24, 2.45) is 0 Å². The molecule has 0 spiro atoms. The fourth-order valence-electron chi connectivity index (χ4n) is 2.57. The molecule has 19 heavy (non-hydrogen) atoms. The van der Waals surface area contributed by atoms with Crippen LogP contribution in [0.5, 0.6) is 0 Å². The van der Waals surface area contributed by atoms with E-state index >= 15 is 0 Å². The van der Waals surface area contributed by atoms with Gasteiger partial charge in [0.05, 0.1) is 18.9 Å². The predicted molar refractivity (Wildman–Crippen MR) is 76.9 cm³/mol. The van der Waals surface area contributed by atoms with Crippen LogP contribution in [0.1, 0.15) is 31.4 Å². The Kier molecular flexibility index (Phi) is 5.43. The molecular formula is C16H23NO2. The molecule has 1 N–H and O–H groups in total. The Hall–Kier alpha value is -1.32. The average Bonchev–Trinajstić information content (AvgIpc) is 2.49.